The van der Waals surface area contributed by atoms with Gasteiger partial charge in [-0.3, -0.25) is 29.0 Å². The molecule has 10 nitrogen and oxygen atoms in total. The molecule has 38 heavy (non-hydrogen) atoms. The molecular weight excluding hydrogens is 493 g/mol. The normalized spacial score (nSPS) is 17.9. The third-order valence-corrected chi connectivity index (χ3v) is 7.43. The first-order valence-corrected chi connectivity index (χ1v) is 12.5. The Morgan fingerprint density at radius 3 is 2.29 bits per heavy atom. The second kappa shape index (κ2) is 10.0. The number of aryl methyl sites for hydroxylation is 2. The number of hydrogen-bond donors (Lipinski definition) is 1. The van der Waals surface area contributed by atoms with Crippen LogP contribution >= 0.6 is 0 Å². The monoisotopic (exact) mass is 525 g/mol. The second-order valence-electron chi connectivity index (χ2n) is 10.4. The van der Waals surface area contributed by atoms with Gasteiger partial charge in [0.1, 0.15) is 17.4 Å². The highest BCUT2D eigenvalue weighted by molar-refractivity contribution is 6.16. The molecule has 2 aliphatic heterocycles. The minimum Gasteiger partial charge on any atom is -0.341 e. The van der Waals surface area contributed by atoms with Crippen LogP contribution in [0.25, 0.3) is 0 Å². The quantitative estimate of drug-likeness (QED) is 0.601. The van der Waals surface area contributed by atoms with Crippen LogP contribution < -0.4 is 15.8 Å². The zero-order valence-corrected chi connectivity index (χ0v) is 22.2. The molecule has 1 atom stereocenters. The SMILES string of the molecule is Cc1ccc(F)c(C(=O)N[C@@H](C(=O)N2CCC3(CC2)C(=O)N(C)C(=O)N3c2ccc(=O)n(C)c2)C(C)C)c1. The number of anilines is 1. The van der Waals surface area contributed by atoms with Crippen LogP contribution in [0.15, 0.2) is 41.3 Å². The van der Waals surface area contributed by atoms with Crippen LogP contribution in [0.1, 0.15) is 42.6 Å². The third kappa shape index (κ3) is 4.57. The van der Waals surface area contributed by atoms with Crippen molar-refractivity contribution in [3.8, 4) is 0 Å². The highest BCUT2D eigenvalue weighted by atomic mass is 19.1. The van der Waals surface area contributed by atoms with Crippen LogP contribution in [0.5, 0.6) is 0 Å². The Morgan fingerprint density at radius 2 is 1.68 bits per heavy atom. The predicted molar refractivity (Wildman–Crippen MR) is 138 cm³/mol. The number of likely N-dealkylation sites (tertiary alicyclic amines) is 1. The van der Waals surface area contributed by atoms with Gasteiger partial charge in [-0.05, 0) is 43.9 Å². The summed E-state index contributed by atoms with van der Waals surface area (Å²) in [7, 11) is 2.98. The van der Waals surface area contributed by atoms with Crippen LogP contribution in [-0.2, 0) is 16.6 Å². The van der Waals surface area contributed by atoms with Crippen LogP contribution in [0, 0.1) is 18.7 Å². The largest absolute Gasteiger partial charge is 0.341 e. The summed E-state index contributed by atoms with van der Waals surface area (Å²) >= 11 is 0. The van der Waals surface area contributed by atoms with Gasteiger partial charge in [0.05, 0.1) is 11.3 Å². The van der Waals surface area contributed by atoms with Gasteiger partial charge in [-0.2, -0.15) is 0 Å². The van der Waals surface area contributed by atoms with Gasteiger partial charge in [0, 0.05) is 39.4 Å². The minimum absolute atomic E-state index is 0.132. The molecule has 1 aromatic heterocycles. The summed E-state index contributed by atoms with van der Waals surface area (Å²) in [4.78, 5) is 68.7. The number of amides is 5. The average molecular weight is 526 g/mol. The lowest BCUT2D eigenvalue weighted by atomic mass is 9.85. The van der Waals surface area contributed by atoms with Crippen molar-refractivity contribution in [3.63, 3.8) is 0 Å². The molecular formula is C27H32FN5O5. The number of pyridine rings is 1. The lowest BCUT2D eigenvalue weighted by molar-refractivity contribution is -0.139. The average Bonchev–Trinajstić information content (AvgIpc) is 3.06. The van der Waals surface area contributed by atoms with Gasteiger partial charge < -0.3 is 14.8 Å². The first-order chi connectivity index (χ1) is 17.9. The van der Waals surface area contributed by atoms with Crippen molar-refractivity contribution in [2.45, 2.75) is 45.2 Å². The van der Waals surface area contributed by atoms with Crippen molar-refractivity contribution in [3.05, 3.63) is 63.8 Å². The van der Waals surface area contributed by atoms with Crippen LogP contribution in [-0.4, -0.2) is 69.8 Å². The van der Waals surface area contributed by atoms with E-state index < -0.39 is 29.3 Å². The number of carbonyl (C=O) groups excluding carboxylic acids is 4. The molecule has 3 heterocycles. The van der Waals surface area contributed by atoms with E-state index in [1.54, 1.807) is 38.8 Å². The van der Waals surface area contributed by atoms with E-state index in [0.717, 1.165) is 4.90 Å². The maximum Gasteiger partial charge on any atom is 0.331 e. The highest BCUT2D eigenvalue weighted by Gasteiger charge is 2.58. The maximum atomic E-state index is 14.3. The summed E-state index contributed by atoms with van der Waals surface area (Å²) in [6, 6.07) is 5.66. The number of hydrogen-bond acceptors (Lipinski definition) is 5. The molecule has 0 saturated carbocycles. The summed E-state index contributed by atoms with van der Waals surface area (Å²) in [6.45, 7) is 5.67. The molecule has 5 amide bonds. The van der Waals surface area contributed by atoms with Gasteiger partial charge in [-0.1, -0.05) is 25.5 Å². The van der Waals surface area contributed by atoms with Crippen LogP contribution in [0.3, 0.4) is 0 Å². The topological polar surface area (TPSA) is 112 Å². The van der Waals surface area contributed by atoms with E-state index in [4.69, 9.17) is 0 Å². The second-order valence-corrected chi connectivity index (χ2v) is 10.4. The fourth-order valence-corrected chi connectivity index (χ4v) is 5.17. The number of nitrogens with zero attached hydrogens (tertiary/aromatic N) is 4. The summed E-state index contributed by atoms with van der Waals surface area (Å²) in [5, 5.41) is 2.69. The fourth-order valence-electron chi connectivity index (χ4n) is 5.17. The Bertz CT molecular complexity index is 1360. The summed E-state index contributed by atoms with van der Waals surface area (Å²) in [5.41, 5.74) is -0.438. The molecule has 4 rings (SSSR count). The molecule has 1 aromatic carbocycles. The van der Waals surface area contributed by atoms with E-state index in [0.29, 0.717) is 11.3 Å². The van der Waals surface area contributed by atoms with Crippen molar-refractivity contribution in [2.75, 3.05) is 25.0 Å². The molecule has 202 valence electrons. The molecule has 2 saturated heterocycles. The number of benzene rings is 1. The highest BCUT2D eigenvalue weighted by Crippen LogP contribution is 2.40. The van der Waals surface area contributed by atoms with Crippen molar-refractivity contribution in [2.24, 2.45) is 13.0 Å². The zero-order valence-electron chi connectivity index (χ0n) is 22.2. The number of imide groups is 1. The molecule has 0 aliphatic carbocycles. The Labute approximate surface area is 220 Å². The first-order valence-electron chi connectivity index (χ1n) is 12.5. The van der Waals surface area contributed by atoms with Crippen molar-refractivity contribution >= 4 is 29.4 Å². The lowest BCUT2D eigenvalue weighted by Crippen LogP contribution is -2.60. The summed E-state index contributed by atoms with van der Waals surface area (Å²) in [6.07, 6.45) is 1.88. The standard InChI is InChI=1S/C27H32FN5O5/c1-16(2)22(29-23(35)19-14-17(3)6-8-20(19)28)24(36)32-12-10-27(11-13-32)25(37)31(5)26(38)33(27)18-7-9-21(34)30(4)15-18/h6-9,14-16,22H,10-13H2,1-5H3,(H,29,35)/t22-/m1/s1. The lowest BCUT2D eigenvalue weighted by Gasteiger charge is -2.43. The Kier molecular flexibility index (Phi) is 7.14. The molecule has 2 aromatic rings. The van der Waals surface area contributed by atoms with Gasteiger partial charge in [0.25, 0.3) is 11.8 Å². The Balaban J connectivity index is 1.55. The molecule has 2 aliphatic rings. The first kappa shape index (κ1) is 27.0. The van der Waals surface area contributed by atoms with E-state index in [1.807, 2.05) is 0 Å². The van der Waals surface area contributed by atoms with E-state index >= 15 is 0 Å². The molecule has 2 fully saturated rings. The predicted octanol–water partition coefficient (Wildman–Crippen LogP) is 2.05. The van der Waals surface area contributed by atoms with E-state index in [2.05, 4.69) is 5.32 Å². The van der Waals surface area contributed by atoms with Crippen LogP contribution in [0.2, 0.25) is 0 Å². The maximum absolute atomic E-state index is 14.3. The van der Waals surface area contributed by atoms with E-state index in [-0.39, 0.29) is 54.8 Å². The number of rotatable bonds is 5. The summed E-state index contributed by atoms with van der Waals surface area (Å²) in [5.74, 6) is -2.33. The van der Waals surface area contributed by atoms with Gasteiger partial charge in [0.2, 0.25) is 11.5 Å². The molecule has 0 radical (unpaired) electrons. The number of halogens is 1. The molecule has 1 N–H and O–H groups in total. The summed E-state index contributed by atoms with van der Waals surface area (Å²) < 4.78 is 15.6. The molecule has 0 bridgehead atoms. The van der Waals surface area contributed by atoms with E-state index in [9.17, 15) is 28.4 Å². The number of likely N-dealkylation sites (N-methyl/N-ethyl adjacent to an activating group) is 1. The minimum atomic E-state index is -1.19. The molecule has 0 unspecified atom stereocenters. The van der Waals surface area contributed by atoms with Gasteiger partial charge in [0.15, 0.2) is 0 Å². The van der Waals surface area contributed by atoms with E-state index in [1.165, 1.54) is 47.0 Å². The zero-order chi connectivity index (χ0) is 27.9. The Hall–Kier alpha value is -4.02. The van der Waals surface area contributed by atoms with Gasteiger partial charge in [-0.15, -0.1) is 0 Å². The molecule has 11 heteroatoms. The van der Waals surface area contributed by atoms with Crippen molar-refractivity contribution in [1.82, 2.24) is 19.7 Å². The number of carbonyl (C=O) groups is 4. The number of piperidine rings is 1. The van der Waals surface area contributed by atoms with Crippen molar-refractivity contribution < 1.29 is 23.6 Å². The number of urea groups is 1. The molecule has 1 spiro atoms. The Morgan fingerprint density at radius 1 is 1.03 bits per heavy atom. The van der Waals surface area contributed by atoms with Crippen molar-refractivity contribution in [1.29, 1.82) is 0 Å². The van der Waals surface area contributed by atoms with Gasteiger partial charge >= 0.3 is 6.03 Å². The fraction of sp³-hybridized carbons (Fsp3) is 0.444. The smallest absolute Gasteiger partial charge is 0.331 e. The van der Waals surface area contributed by atoms with Gasteiger partial charge in [-0.25, -0.2) is 9.18 Å². The van der Waals surface area contributed by atoms with Crippen LogP contribution in [0.4, 0.5) is 14.9 Å². The number of nitrogens with one attached hydrogen (secondary N) is 1. The number of aromatic nitrogens is 1. The third-order valence-electron chi connectivity index (χ3n) is 7.43.